The predicted octanol–water partition coefficient (Wildman–Crippen LogP) is 1.20. The van der Waals surface area contributed by atoms with Gasteiger partial charge in [-0.05, 0) is 36.4 Å². The van der Waals surface area contributed by atoms with Gasteiger partial charge < -0.3 is 14.1 Å². The van der Waals surface area contributed by atoms with Crippen molar-refractivity contribution in [3.8, 4) is 0 Å². The quantitative estimate of drug-likeness (QED) is 0.570. The fourth-order valence-electron chi connectivity index (χ4n) is 2.76. The number of piperidine rings is 1. The lowest BCUT2D eigenvalue weighted by Gasteiger charge is -2.30. The normalized spacial score (nSPS) is 14.4. The average Bonchev–Trinajstić information content (AvgIpc) is 3.44. The number of likely N-dealkylation sites (tertiary alicyclic amines) is 1. The molecule has 0 aromatic carbocycles. The van der Waals surface area contributed by atoms with Gasteiger partial charge in [-0.25, -0.2) is 0 Å². The molecule has 1 fully saturated rings. The number of hydrogen-bond acceptors (Lipinski definition) is 7. The van der Waals surface area contributed by atoms with E-state index in [0.717, 1.165) is 0 Å². The van der Waals surface area contributed by atoms with Crippen molar-refractivity contribution in [3.63, 3.8) is 0 Å². The minimum atomic E-state index is -0.668. The van der Waals surface area contributed by atoms with E-state index in [1.165, 1.54) is 29.7 Å². The molecule has 0 radical (unpaired) electrons. The minimum Gasteiger partial charge on any atom is -0.459 e. The number of esters is 1. The van der Waals surface area contributed by atoms with Crippen LogP contribution >= 0.6 is 11.3 Å². The molecule has 2 aromatic heterocycles. The Balaban J connectivity index is 1.35. The van der Waals surface area contributed by atoms with E-state index in [2.05, 4.69) is 10.9 Å². The summed E-state index contributed by atoms with van der Waals surface area (Å²) in [6.45, 7) is 0.412. The number of amides is 3. The summed E-state index contributed by atoms with van der Waals surface area (Å²) in [7, 11) is 0. The number of thiophene rings is 1. The highest BCUT2D eigenvalue weighted by Crippen LogP contribution is 2.21. The van der Waals surface area contributed by atoms with Gasteiger partial charge in [-0.3, -0.25) is 30.0 Å². The van der Waals surface area contributed by atoms with Crippen molar-refractivity contribution in [3.05, 3.63) is 46.5 Å². The monoisotopic (exact) mass is 405 g/mol. The van der Waals surface area contributed by atoms with Crippen molar-refractivity contribution >= 4 is 35.0 Å². The molecular formula is C18H19N3O6S. The topological polar surface area (TPSA) is 118 Å². The molecule has 2 aromatic rings. The van der Waals surface area contributed by atoms with Gasteiger partial charge in [-0.1, -0.05) is 6.07 Å². The van der Waals surface area contributed by atoms with Gasteiger partial charge in [0.05, 0.1) is 17.1 Å². The van der Waals surface area contributed by atoms with E-state index >= 15 is 0 Å². The van der Waals surface area contributed by atoms with Crippen LogP contribution in [0.3, 0.4) is 0 Å². The zero-order valence-electron chi connectivity index (χ0n) is 14.9. The molecular weight excluding hydrogens is 386 g/mol. The molecule has 0 unspecified atom stereocenters. The lowest BCUT2D eigenvalue weighted by Crippen LogP contribution is -2.44. The van der Waals surface area contributed by atoms with Crippen LogP contribution in [-0.2, 0) is 14.3 Å². The number of hydrazine groups is 1. The Labute approximate surface area is 164 Å². The number of hydrogen-bond donors (Lipinski definition) is 2. The Morgan fingerprint density at radius 3 is 2.57 bits per heavy atom. The summed E-state index contributed by atoms with van der Waals surface area (Å²) in [5.74, 6) is -2.13. The van der Waals surface area contributed by atoms with E-state index in [1.54, 1.807) is 11.0 Å². The van der Waals surface area contributed by atoms with E-state index < -0.39 is 24.4 Å². The second-order valence-corrected chi connectivity index (χ2v) is 7.08. The third kappa shape index (κ3) is 4.97. The Bertz CT molecular complexity index is 826. The van der Waals surface area contributed by atoms with Gasteiger partial charge in [-0.15, -0.1) is 11.3 Å². The van der Waals surface area contributed by atoms with Crippen molar-refractivity contribution in [2.24, 2.45) is 5.92 Å². The number of rotatable bonds is 5. The Kier molecular flexibility index (Phi) is 6.43. The lowest BCUT2D eigenvalue weighted by molar-refractivity contribution is -0.154. The van der Waals surface area contributed by atoms with Gasteiger partial charge >= 0.3 is 11.9 Å². The number of nitrogens with zero attached hydrogens (tertiary/aromatic N) is 1. The highest BCUT2D eigenvalue weighted by molar-refractivity contribution is 7.12. The molecule has 3 rings (SSSR count). The Hall–Kier alpha value is -3.14. The number of carbonyl (C=O) groups is 4. The molecule has 0 atom stereocenters. The first-order valence-electron chi connectivity index (χ1n) is 8.66. The third-order valence-electron chi connectivity index (χ3n) is 4.25. The zero-order chi connectivity index (χ0) is 19.9. The minimum absolute atomic E-state index is 0.0338. The highest BCUT2D eigenvalue weighted by Gasteiger charge is 2.29. The molecule has 0 saturated carbocycles. The third-order valence-corrected chi connectivity index (χ3v) is 5.11. The molecule has 28 heavy (non-hydrogen) atoms. The van der Waals surface area contributed by atoms with E-state index in [9.17, 15) is 19.2 Å². The summed E-state index contributed by atoms with van der Waals surface area (Å²) >= 11 is 1.39. The van der Waals surface area contributed by atoms with Crippen molar-refractivity contribution in [2.75, 3.05) is 19.7 Å². The summed E-state index contributed by atoms with van der Waals surface area (Å²) in [4.78, 5) is 50.1. The van der Waals surface area contributed by atoms with E-state index in [-0.39, 0.29) is 17.6 Å². The van der Waals surface area contributed by atoms with E-state index in [4.69, 9.17) is 9.15 Å². The summed E-state index contributed by atoms with van der Waals surface area (Å²) in [5.41, 5.74) is 4.29. The largest absolute Gasteiger partial charge is 0.459 e. The molecule has 1 aliphatic rings. The van der Waals surface area contributed by atoms with Gasteiger partial charge in [0, 0.05) is 13.1 Å². The second-order valence-electron chi connectivity index (χ2n) is 6.13. The molecule has 2 N–H and O–H groups in total. The van der Waals surface area contributed by atoms with Gasteiger partial charge in [0.25, 0.3) is 11.8 Å². The van der Waals surface area contributed by atoms with Gasteiger partial charge in [-0.2, -0.15) is 0 Å². The molecule has 0 aliphatic carbocycles. The molecule has 3 amide bonds. The van der Waals surface area contributed by atoms with Gasteiger partial charge in [0.1, 0.15) is 0 Å². The van der Waals surface area contributed by atoms with Crippen LogP contribution in [0.4, 0.5) is 0 Å². The van der Waals surface area contributed by atoms with Crippen molar-refractivity contribution < 1.29 is 28.3 Å². The van der Waals surface area contributed by atoms with Crippen molar-refractivity contribution in [1.82, 2.24) is 15.8 Å². The Morgan fingerprint density at radius 1 is 1.14 bits per heavy atom. The maximum Gasteiger partial charge on any atom is 0.309 e. The maximum absolute atomic E-state index is 12.3. The van der Waals surface area contributed by atoms with Crippen LogP contribution in [0.5, 0.6) is 0 Å². The molecule has 10 heteroatoms. The molecule has 148 valence electrons. The fraction of sp³-hybridized carbons (Fsp3) is 0.333. The van der Waals surface area contributed by atoms with Crippen molar-refractivity contribution in [1.29, 1.82) is 0 Å². The fourth-order valence-corrected chi connectivity index (χ4v) is 3.45. The lowest BCUT2D eigenvalue weighted by atomic mass is 9.97. The van der Waals surface area contributed by atoms with Crippen LogP contribution in [0.1, 0.15) is 33.1 Å². The van der Waals surface area contributed by atoms with Crippen LogP contribution in [0.15, 0.2) is 40.3 Å². The summed E-state index contributed by atoms with van der Waals surface area (Å²) in [6, 6.07) is 6.58. The van der Waals surface area contributed by atoms with E-state index in [1.807, 2.05) is 11.4 Å². The van der Waals surface area contributed by atoms with E-state index in [0.29, 0.717) is 30.8 Å². The van der Waals surface area contributed by atoms with Crippen molar-refractivity contribution in [2.45, 2.75) is 12.8 Å². The van der Waals surface area contributed by atoms with Crippen LogP contribution < -0.4 is 10.9 Å². The number of nitrogens with one attached hydrogen (secondary N) is 2. The SMILES string of the molecule is O=C(COC(=O)C1CCN(C(=O)c2cccs2)CC1)NNC(=O)c1ccco1. The first-order chi connectivity index (χ1) is 13.5. The zero-order valence-corrected chi connectivity index (χ0v) is 15.7. The predicted molar refractivity (Wildman–Crippen MR) is 98.2 cm³/mol. The molecule has 3 heterocycles. The summed E-state index contributed by atoms with van der Waals surface area (Å²) in [5, 5.41) is 1.85. The first-order valence-corrected chi connectivity index (χ1v) is 9.54. The first kappa shape index (κ1) is 19.6. The molecule has 9 nitrogen and oxygen atoms in total. The number of carbonyl (C=O) groups excluding carboxylic acids is 4. The number of furan rings is 1. The summed E-state index contributed by atoms with van der Waals surface area (Å²) < 4.78 is 9.89. The molecule has 0 spiro atoms. The van der Waals surface area contributed by atoms with Gasteiger partial charge in [0.2, 0.25) is 0 Å². The highest BCUT2D eigenvalue weighted by atomic mass is 32.1. The van der Waals surface area contributed by atoms with Crippen LogP contribution in [0.2, 0.25) is 0 Å². The number of ether oxygens (including phenoxy) is 1. The second kappa shape index (κ2) is 9.18. The van der Waals surface area contributed by atoms with Crippen LogP contribution in [-0.4, -0.2) is 48.3 Å². The average molecular weight is 405 g/mol. The molecule has 1 saturated heterocycles. The smallest absolute Gasteiger partial charge is 0.309 e. The molecule has 0 bridgehead atoms. The summed E-state index contributed by atoms with van der Waals surface area (Å²) in [6.07, 6.45) is 2.29. The maximum atomic E-state index is 12.3. The van der Waals surface area contributed by atoms with Crippen LogP contribution in [0.25, 0.3) is 0 Å². The van der Waals surface area contributed by atoms with Gasteiger partial charge in [0.15, 0.2) is 12.4 Å². The van der Waals surface area contributed by atoms with Crippen LogP contribution in [0, 0.1) is 5.92 Å². The Morgan fingerprint density at radius 2 is 1.93 bits per heavy atom. The standard InChI is InChI=1S/C18H19N3O6S/c22-15(19-20-16(23)13-3-1-9-26-13)11-27-18(25)12-5-7-21(8-6-12)17(24)14-4-2-10-28-14/h1-4,9-10,12H,5-8,11H2,(H,19,22)(H,20,23). The molecule has 1 aliphatic heterocycles.